The average molecular weight is 242 g/mol. The van der Waals surface area contributed by atoms with Gasteiger partial charge in [-0.1, -0.05) is 50.1 Å². The zero-order chi connectivity index (χ0) is 12.7. The van der Waals surface area contributed by atoms with Crippen molar-refractivity contribution in [3.63, 3.8) is 0 Å². The van der Waals surface area contributed by atoms with Crippen LogP contribution >= 0.6 is 0 Å². The summed E-state index contributed by atoms with van der Waals surface area (Å²) in [7, 11) is 0. The molecule has 1 rings (SSSR count). The van der Waals surface area contributed by atoms with Crippen LogP contribution in [0.3, 0.4) is 0 Å². The zero-order valence-electron chi connectivity index (χ0n) is 9.93. The van der Waals surface area contributed by atoms with Crippen molar-refractivity contribution >= 4 is 5.57 Å². The number of hydrogen-bond donors (Lipinski definition) is 0. The van der Waals surface area contributed by atoms with E-state index in [9.17, 15) is 13.2 Å². The molecule has 0 amide bonds. The Labute approximate surface area is 100 Å². The van der Waals surface area contributed by atoms with Crippen LogP contribution in [0.1, 0.15) is 38.2 Å². The highest BCUT2D eigenvalue weighted by atomic mass is 19.4. The van der Waals surface area contributed by atoms with Crippen molar-refractivity contribution in [3.8, 4) is 0 Å². The van der Waals surface area contributed by atoms with Gasteiger partial charge >= 0.3 is 6.18 Å². The number of hydrogen-bond acceptors (Lipinski definition) is 0. The van der Waals surface area contributed by atoms with Crippen LogP contribution in [0.4, 0.5) is 13.2 Å². The number of alkyl halides is 3. The molecule has 1 aromatic carbocycles. The van der Waals surface area contributed by atoms with Crippen LogP contribution in [-0.4, -0.2) is 6.18 Å². The monoisotopic (exact) mass is 242 g/mol. The van der Waals surface area contributed by atoms with Gasteiger partial charge in [0.15, 0.2) is 0 Å². The second-order valence-electron chi connectivity index (χ2n) is 4.03. The van der Waals surface area contributed by atoms with E-state index >= 15 is 0 Å². The molecule has 0 nitrogen and oxygen atoms in total. The van der Waals surface area contributed by atoms with Crippen LogP contribution in [0.5, 0.6) is 0 Å². The van der Waals surface area contributed by atoms with Gasteiger partial charge in [0.2, 0.25) is 0 Å². The van der Waals surface area contributed by atoms with E-state index in [0.717, 1.165) is 19.3 Å². The van der Waals surface area contributed by atoms with Crippen LogP contribution in [-0.2, 0) is 0 Å². The third kappa shape index (κ3) is 5.57. The first kappa shape index (κ1) is 13.8. The summed E-state index contributed by atoms with van der Waals surface area (Å²) in [4.78, 5) is 0. The van der Waals surface area contributed by atoms with Crippen molar-refractivity contribution in [2.24, 2.45) is 0 Å². The van der Waals surface area contributed by atoms with Crippen LogP contribution in [0, 0.1) is 0 Å². The minimum Gasteiger partial charge on any atom is -0.167 e. The molecule has 0 saturated carbocycles. The zero-order valence-corrected chi connectivity index (χ0v) is 9.93. The molecule has 0 aliphatic rings. The molecule has 0 N–H and O–H groups in total. The van der Waals surface area contributed by atoms with E-state index in [2.05, 4.69) is 0 Å². The second kappa shape index (κ2) is 6.48. The second-order valence-corrected chi connectivity index (χ2v) is 4.03. The summed E-state index contributed by atoms with van der Waals surface area (Å²) in [6, 6.07) is 8.78. The van der Waals surface area contributed by atoms with Gasteiger partial charge < -0.3 is 0 Å². The maximum absolute atomic E-state index is 12.4. The fraction of sp³-hybridized carbons (Fsp3) is 0.429. The molecule has 94 valence electrons. The molecular formula is C14H17F3. The van der Waals surface area contributed by atoms with Gasteiger partial charge in [0.05, 0.1) is 0 Å². The highest BCUT2D eigenvalue weighted by molar-refractivity contribution is 5.66. The Kier molecular flexibility index (Phi) is 5.26. The Morgan fingerprint density at radius 1 is 1.12 bits per heavy atom. The van der Waals surface area contributed by atoms with E-state index in [1.54, 1.807) is 30.3 Å². The lowest BCUT2D eigenvalue weighted by molar-refractivity contribution is -0.0794. The fourth-order valence-electron chi connectivity index (χ4n) is 1.72. The van der Waals surface area contributed by atoms with Crippen molar-refractivity contribution in [1.82, 2.24) is 0 Å². The summed E-state index contributed by atoms with van der Waals surface area (Å²) in [6.07, 6.45) is -0.559. The van der Waals surface area contributed by atoms with Gasteiger partial charge in [0, 0.05) is 6.08 Å². The van der Waals surface area contributed by atoms with Gasteiger partial charge in [0.1, 0.15) is 0 Å². The van der Waals surface area contributed by atoms with Gasteiger partial charge in [0.25, 0.3) is 0 Å². The predicted molar refractivity (Wildman–Crippen MR) is 64.6 cm³/mol. The normalized spacial score (nSPS) is 12.8. The van der Waals surface area contributed by atoms with Crippen molar-refractivity contribution in [2.75, 3.05) is 0 Å². The molecular weight excluding hydrogens is 225 g/mol. The molecule has 0 heterocycles. The quantitative estimate of drug-likeness (QED) is 0.621. The first-order valence-corrected chi connectivity index (χ1v) is 5.87. The number of allylic oxidation sites excluding steroid dienone is 2. The molecule has 0 atom stereocenters. The number of benzene rings is 1. The number of rotatable bonds is 5. The molecule has 0 saturated heterocycles. The standard InChI is InChI=1S/C14H17F3/c1-2-3-5-10-13(11-14(15,16)17)12-8-6-4-7-9-12/h4,6-9,11H,2-3,5,10H2,1H3/b13-11+. The molecule has 0 aromatic heterocycles. The van der Waals surface area contributed by atoms with E-state index < -0.39 is 6.18 Å². The average Bonchev–Trinajstić information content (AvgIpc) is 2.28. The van der Waals surface area contributed by atoms with Crippen molar-refractivity contribution in [3.05, 3.63) is 42.0 Å². The largest absolute Gasteiger partial charge is 0.410 e. The SMILES string of the molecule is CCCCC/C(=C\C(F)(F)F)c1ccccc1. The van der Waals surface area contributed by atoms with Gasteiger partial charge in [-0.2, -0.15) is 13.2 Å². The summed E-state index contributed by atoms with van der Waals surface area (Å²) in [6.45, 7) is 2.04. The highest BCUT2D eigenvalue weighted by Crippen LogP contribution is 2.27. The van der Waals surface area contributed by atoms with Gasteiger partial charge in [-0.15, -0.1) is 0 Å². The lowest BCUT2D eigenvalue weighted by Crippen LogP contribution is -2.03. The van der Waals surface area contributed by atoms with E-state index in [-0.39, 0.29) is 0 Å². The molecule has 0 aliphatic carbocycles. The third-order valence-electron chi connectivity index (χ3n) is 2.53. The van der Waals surface area contributed by atoms with Crippen molar-refractivity contribution < 1.29 is 13.2 Å². The summed E-state index contributed by atoms with van der Waals surface area (Å²) < 4.78 is 37.3. The van der Waals surface area contributed by atoms with E-state index in [1.807, 2.05) is 6.92 Å². The Bertz CT molecular complexity index is 349. The minimum atomic E-state index is -4.24. The smallest absolute Gasteiger partial charge is 0.167 e. The molecule has 17 heavy (non-hydrogen) atoms. The van der Waals surface area contributed by atoms with E-state index in [4.69, 9.17) is 0 Å². The van der Waals surface area contributed by atoms with E-state index in [0.29, 0.717) is 23.6 Å². The van der Waals surface area contributed by atoms with E-state index in [1.165, 1.54) is 0 Å². The lowest BCUT2D eigenvalue weighted by Gasteiger charge is -2.09. The Hall–Kier alpha value is -1.25. The first-order valence-electron chi connectivity index (χ1n) is 5.87. The van der Waals surface area contributed by atoms with Gasteiger partial charge in [-0.3, -0.25) is 0 Å². The highest BCUT2D eigenvalue weighted by Gasteiger charge is 2.24. The minimum absolute atomic E-state index is 0.381. The lowest BCUT2D eigenvalue weighted by atomic mass is 9.99. The fourth-order valence-corrected chi connectivity index (χ4v) is 1.72. The molecule has 0 radical (unpaired) electrons. The summed E-state index contributed by atoms with van der Waals surface area (Å²) in [5.74, 6) is 0. The van der Waals surface area contributed by atoms with Gasteiger partial charge in [-0.25, -0.2) is 0 Å². The Balaban J connectivity index is 2.84. The van der Waals surface area contributed by atoms with Crippen LogP contribution in [0.15, 0.2) is 36.4 Å². The molecule has 0 spiro atoms. The molecule has 0 unspecified atom stereocenters. The topological polar surface area (TPSA) is 0 Å². The first-order chi connectivity index (χ1) is 8.03. The summed E-state index contributed by atoms with van der Waals surface area (Å²) in [5, 5.41) is 0. The Morgan fingerprint density at radius 3 is 2.29 bits per heavy atom. The maximum Gasteiger partial charge on any atom is 0.410 e. The molecule has 3 heteroatoms. The van der Waals surface area contributed by atoms with Gasteiger partial charge in [-0.05, 0) is 24.0 Å². The molecule has 0 bridgehead atoms. The maximum atomic E-state index is 12.4. The summed E-state index contributed by atoms with van der Waals surface area (Å²) in [5.41, 5.74) is 1.05. The molecule has 0 aliphatic heterocycles. The van der Waals surface area contributed by atoms with Crippen molar-refractivity contribution in [2.45, 2.75) is 38.8 Å². The van der Waals surface area contributed by atoms with Crippen LogP contribution < -0.4 is 0 Å². The number of unbranched alkanes of at least 4 members (excludes halogenated alkanes) is 2. The Morgan fingerprint density at radius 2 is 1.76 bits per heavy atom. The molecule has 1 aromatic rings. The number of halogens is 3. The summed E-state index contributed by atoms with van der Waals surface area (Å²) >= 11 is 0. The van der Waals surface area contributed by atoms with Crippen LogP contribution in [0.25, 0.3) is 5.57 Å². The van der Waals surface area contributed by atoms with Crippen LogP contribution in [0.2, 0.25) is 0 Å². The molecule has 0 fully saturated rings. The third-order valence-corrected chi connectivity index (χ3v) is 2.53. The van der Waals surface area contributed by atoms with Crippen molar-refractivity contribution in [1.29, 1.82) is 0 Å². The predicted octanol–water partition coefficient (Wildman–Crippen LogP) is 5.21.